The summed E-state index contributed by atoms with van der Waals surface area (Å²) in [5.41, 5.74) is 0.592. The topological polar surface area (TPSA) is 93.5 Å². The zero-order valence-electron chi connectivity index (χ0n) is 15.2. The normalized spacial score (nSPS) is 11.7. The summed E-state index contributed by atoms with van der Waals surface area (Å²) in [4.78, 5) is 27.7. The molecular formula is C19H18ClN3O4S. The summed E-state index contributed by atoms with van der Waals surface area (Å²) < 4.78 is 11.3. The molecule has 0 aliphatic rings. The lowest BCUT2D eigenvalue weighted by atomic mass is 10.3. The largest absolute Gasteiger partial charge is 0.479 e. The summed E-state index contributed by atoms with van der Waals surface area (Å²) in [5.74, 6) is 1.13. The number of ether oxygens (including phenoxy) is 1. The lowest BCUT2D eigenvalue weighted by Gasteiger charge is -2.14. The molecule has 1 aromatic carbocycles. The van der Waals surface area contributed by atoms with E-state index in [1.54, 1.807) is 48.7 Å². The number of hydrogen-bond donors (Lipinski definition) is 2. The smallest absolute Gasteiger partial charge is 0.266 e. The summed E-state index contributed by atoms with van der Waals surface area (Å²) >= 11 is 7.32. The predicted molar refractivity (Wildman–Crippen MR) is 108 cm³/mol. The van der Waals surface area contributed by atoms with Gasteiger partial charge in [-0.25, -0.2) is 4.98 Å². The van der Waals surface area contributed by atoms with Crippen LogP contribution in [0.1, 0.15) is 19.6 Å². The van der Waals surface area contributed by atoms with Crippen molar-refractivity contribution in [3.63, 3.8) is 0 Å². The second-order valence-corrected chi connectivity index (χ2v) is 7.16. The highest BCUT2D eigenvalue weighted by Gasteiger charge is 2.18. The molecule has 3 aromatic rings. The van der Waals surface area contributed by atoms with E-state index in [2.05, 4.69) is 15.6 Å². The Morgan fingerprint density at radius 2 is 2.07 bits per heavy atom. The van der Waals surface area contributed by atoms with Crippen LogP contribution in [0.15, 0.2) is 46.2 Å². The highest BCUT2D eigenvalue weighted by molar-refractivity contribution is 7.14. The fourth-order valence-electron chi connectivity index (χ4n) is 2.26. The number of carbonyl (C=O) groups excluding carboxylic acids is 2. The van der Waals surface area contributed by atoms with Crippen molar-refractivity contribution in [1.82, 2.24) is 10.3 Å². The molecule has 2 aromatic heterocycles. The van der Waals surface area contributed by atoms with E-state index in [1.165, 1.54) is 18.3 Å². The molecule has 1 unspecified atom stereocenters. The highest BCUT2D eigenvalue weighted by Crippen LogP contribution is 2.27. The Labute approximate surface area is 170 Å². The lowest BCUT2D eigenvalue weighted by molar-refractivity contribution is -0.122. The molecule has 2 N–H and O–H groups in total. The van der Waals surface area contributed by atoms with Gasteiger partial charge in [0.2, 0.25) is 5.91 Å². The summed E-state index contributed by atoms with van der Waals surface area (Å²) in [6, 6.07) is 10.5. The van der Waals surface area contributed by atoms with Crippen molar-refractivity contribution in [2.24, 2.45) is 0 Å². The van der Waals surface area contributed by atoms with Crippen molar-refractivity contribution in [3.8, 4) is 17.2 Å². The van der Waals surface area contributed by atoms with Crippen molar-refractivity contribution < 1.29 is 18.7 Å². The molecule has 0 saturated heterocycles. The zero-order valence-corrected chi connectivity index (χ0v) is 16.8. The summed E-state index contributed by atoms with van der Waals surface area (Å²) in [5, 5.41) is 8.02. The van der Waals surface area contributed by atoms with E-state index in [0.717, 1.165) is 0 Å². The first-order valence-corrected chi connectivity index (χ1v) is 9.69. The average Bonchev–Trinajstić information content (AvgIpc) is 3.31. The van der Waals surface area contributed by atoms with Crippen LogP contribution >= 0.6 is 22.9 Å². The van der Waals surface area contributed by atoms with Gasteiger partial charge >= 0.3 is 0 Å². The first kappa shape index (κ1) is 19.9. The standard InChI is InChI=1S/C19H18ClN3O4S/c1-11(26-16-6-4-3-5-14(16)20)18(25)23-19-22-15(10-28-19)17-8-7-13(27-17)9-21-12(2)24/h3-8,10-11H,9H2,1-2H3,(H,21,24)(H,22,23,25). The fourth-order valence-corrected chi connectivity index (χ4v) is 3.14. The zero-order chi connectivity index (χ0) is 20.1. The van der Waals surface area contributed by atoms with E-state index >= 15 is 0 Å². The van der Waals surface area contributed by atoms with Crippen LogP contribution in [0.3, 0.4) is 0 Å². The molecule has 0 radical (unpaired) electrons. The van der Waals surface area contributed by atoms with Crippen LogP contribution in [0.25, 0.3) is 11.5 Å². The van der Waals surface area contributed by atoms with Crippen molar-refractivity contribution in [2.45, 2.75) is 26.5 Å². The van der Waals surface area contributed by atoms with E-state index in [1.807, 2.05) is 0 Å². The number of para-hydroxylation sites is 1. The minimum Gasteiger partial charge on any atom is -0.479 e. The number of nitrogens with zero attached hydrogens (tertiary/aromatic N) is 1. The second kappa shape index (κ2) is 8.90. The number of aromatic nitrogens is 1. The Morgan fingerprint density at radius 3 is 2.82 bits per heavy atom. The predicted octanol–water partition coefficient (Wildman–Crippen LogP) is 4.10. The van der Waals surface area contributed by atoms with E-state index in [9.17, 15) is 9.59 Å². The molecule has 0 aliphatic heterocycles. The third-order valence-electron chi connectivity index (χ3n) is 3.67. The maximum absolute atomic E-state index is 12.4. The third kappa shape index (κ3) is 5.11. The van der Waals surface area contributed by atoms with E-state index in [4.69, 9.17) is 20.8 Å². The van der Waals surface area contributed by atoms with E-state index < -0.39 is 6.10 Å². The average molecular weight is 420 g/mol. The monoisotopic (exact) mass is 419 g/mol. The molecule has 0 aliphatic carbocycles. The number of furan rings is 1. The van der Waals surface area contributed by atoms with E-state index in [-0.39, 0.29) is 11.8 Å². The molecule has 0 bridgehead atoms. The van der Waals surface area contributed by atoms with Crippen molar-refractivity contribution in [3.05, 3.63) is 52.6 Å². The molecule has 2 heterocycles. The Balaban J connectivity index is 1.60. The number of thiazole rings is 1. The maximum Gasteiger partial charge on any atom is 0.266 e. The number of hydrogen-bond acceptors (Lipinski definition) is 6. The number of carbonyl (C=O) groups is 2. The van der Waals surface area contributed by atoms with Gasteiger partial charge in [0.25, 0.3) is 5.91 Å². The van der Waals surface area contributed by atoms with Gasteiger partial charge < -0.3 is 14.5 Å². The van der Waals surface area contributed by atoms with Crippen LogP contribution in [0.5, 0.6) is 5.75 Å². The van der Waals surface area contributed by atoms with Gasteiger partial charge in [0.15, 0.2) is 17.0 Å². The molecule has 7 nitrogen and oxygen atoms in total. The number of nitrogens with one attached hydrogen (secondary N) is 2. The van der Waals surface area contributed by atoms with Crippen LogP contribution in [-0.2, 0) is 16.1 Å². The highest BCUT2D eigenvalue weighted by atomic mass is 35.5. The Morgan fingerprint density at radius 1 is 1.29 bits per heavy atom. The van der Waals surface area contributed by atoms with Crippen molar-refractivity contribution in [1.29, 1.82) is 0 Å². The number of benzene rings is 1. The number of amides is 2. The first-order chi connectivity index (χ1) is 13.4. The summed E-state index contributed by atoms with van der Waals surface area (Å²) in [7, 11) is 0. The molecule has 3 rings (SSSR count). The minimum absolute atomic E-state index is 0.135. The Kier molecular flexibility index (Phi) is 6.33. The lowest BCUT2D eigenvalue weighted by Crippen LogP contribution is -2.30. The maximum atomic E-state index is 12.4. The summed E-state index contributed by atoms with van der Waals surface area (Å²) in [6.45, 7) is 3.38. The second-order valence-electron chi connectivity index (χ2n) is 5.89. The van der Waals surface area contributed by atoms with Gasteiger partial charge in [0, 0.05) is 12.3 Å². The van der Waals surface area contributed by atoms with Crippen LogP contribution in [0, 0.1) is 0 Å². The summed E-state index contributed by atoms with van der Waals surface area (Å²) in [6.07, 6.45) is -0.750. The minimum atomic E-state index is -0.750. The SMILES string of the molecule is CC(=O)NCc1ccc(-c2csc(NC(=O)C(C)Oc3ccccc3Cl)n2)o1. The number of anilines is 1. The van der Waals surface area contributed by atoms with Gasteiger partial charge in [-0.15, -0.1) is 11.3 Å². The quantitative estimate of drug-likeness (QED) is 0.601. The Hall–Kier alpha value is -2.84. The van der Waals surface area contributed by atoms with Gasteiger partial charge in [0.05, 0.1) is 11.6 Å². The molecule has 0 saturated carbocycles. The van der Waals surface area contributed by atoms with Crippen LogP contribution in [0.4, 0.5) is 5.13 Å². The van der Waals surface area contributed by atoms with Gasteiger partial charge in [0.1, 0.15) is 17.2 Å². The first-order valence-electron chi connectivity index (χ1n) is 8.43. The Bertz CT molecular complexity index is 985. The van der Waals surface area contributed by atoms with Crippen molar-refractivity contribution >= 4 is 39.9 Å². The van der Waals surface area contributed by atoms with Crippen LogP contribution in [0.2, 0.25) is 5.02 Å². The molecule has 1 atom stereocenters. The van der Waals surface area contributed by atoms with Gasteiger partial charge in [-0.1, -0.05) is 23.7 Å². The molecule has 146 valence electrons. The fraction of sp³-hybridized carbons (Fsp3) is 0.211. The van der Waals surface area contributed by atoms with Gasteiger partial charge in [-0.2, -0.15) is 0 Å². The molecule has 9 heteroatoms. The van der Waals surface area contributed by atoms with E-state index in [0.29, 0.717) is 39.7 Å². The van der Waals surface area contributed by atoms with Crippen LogP contribution < -0.4 is 15.4 Å². The molecule has 2 amide bonds. The molecule has 0 spiro atoms. The number of halogens is 1. The van der Waals surface area contributed by atoms with Crippen LogP contribution in [-0.4, -0.2) is 22.9 Å². The number of rotatable bonds is 7. The molecular weight excluding hydrogens is 402 g/mol. The van der Waals surface area contributed by atoms with Gasteiger partial charge in [-0.05, 0) is 31.2 Å². The third-order valence-corrected chi connectivity index (χ3v) is 4.74. The molecule has 0 fully saturated rings. The van der Waals surface area contributed by atoms with Gasteiger partial charge in [-0.3, -0.25) is 14.9 Å². The van der Waals surface area contributed by atoms with Crippen molar-refractivity contribution in [2.75, 3.05) is 5.32 Å². The molecule has 28 heavy (non-hydrogen) atoms.